The average molecular weight is 415 g/mol. The van der Waals surface area contributed by atoms with Crippen molar-refractivity contribution in [1.29, 1.82) is 0 Å². The van der Waals surface area contributed by atoms with E-state index in [-0.39, 0.29) is 31.5 Å². The van der Waals surface area contributed by atoms with Gasteiger partial charge in [0.15, 0.2) is 6.61 Å². The van der Waals surface area contributed by atoms with Crippen molar-refractivity contribution < 1.29 is 19.1 Å². The third-order valence-electron chi connectivity index (χ3n) is 3.95. The largest absolute Gasteiger partial charge is 0.456 e. The van der Waals surface area contributed by atoms with Crippen molar-refractivity contribution >= 4 is 35.5 Å². The molecule has 0 spiro atoms. The van der Waals surface area contributed by atoms with Gasteiger partial charge in [-0.2, -0.15) is 0 Å². The predicted octanol–water partition coefficient (Wildman–Crippen LogP) is 3.28. The lowest BCUT2D eigenvalue weighted by Crippen LogP contribution is -2.31. The molecule has 0 aliphatic rings. The molecule has 0 aliphatic carbocycles. The average Bonchev–Trinajstić information content (AvgIpc) is 2.71. The van der Waals surface area contributed by atoms with Crippen LogP contribution in [0.15, 0.2) is 60.7 Å². The van der Waals surface area contributed by atoms with Crippen LogP contribution in [0.25, 0.3) is 6.08 Å². The van der Waals surface area contributed by atoms with E-state index in [2.05, 4.69) is 10.6 Å². The zero-order valence-electron chi connectivity index (χ0n) is 16.1. The van der Waals surface area contributed by atoms with Crippen molar-refractivity contribution in [2.75, 3.05) is 13.2 Å². The van der Waals surface area contributed by atoms with E-state index in [0.717, 1.165) is 11.1 Å². The zero-order chi connectivity index (χ0) is 21.1. The minimum absolute atomic E-state index is 0.0258. The van der Waals surface area contributed by atoms with Crippen LogP contribution in [-0.2, 0) is 19.1 Å². The molecule has 1 atom stereocenters. The van der Waals surface area contributed by atoms with Gasteiger partial charge in [0.25, 0.3) is 5.91 Å². The second-order valence-electron chi connectivity index (χ2n) is 6.29. The van der Waals surface area contributed by atoms with Crippen LogP contribution in [0.1, 0.15) is 30.5 Å². The molecule has 2 aromatic rings. The van der Waals surface area contributed by atoms with E-state index in [1.54, 1.807) is 24.3 Å². The Morgan fingerprint density at radius 1 is 1.10 bits per heavy atom. The molecule has 0 radical (unpaired) electrons. The summed E-state index contributed by atoms with van der Waals surface area (Å²) < 4.78 is 4.93. The molecule has 0 saturated carbocycles. The predicted molar refractivity (Wildman–Crippen MR) is 112 cm³/mol. The van der Waals surface area contributed by atoms with Gasteiger partial charge in [0.05, 0.1) is 12.5 Å². The van der Waals surface area contributed by atoms with Crippen molar-refractivity contribution in [3.63, 3.8) is 0 Å². The molecule has 29 heavy (non-hydrogen) atoms. The van der Waals surface area contributed by atoms with E-state index in [0.29, 0.717) is 5.02 Å². The molecule has 2 amide bonds. The number of benzene rings is 2. The molecule has 6 nitrogen and oxygen atoms in total. The Morgan fingerprint density at radius 2 is 1.86 bits per heavy atom. The molecule has 0 saturated heterocycles. The van der Waals surface area contributed by atoms with E-state index in [9.17, 15) is 14.4 Å². The van der Waals surface area contributed by atoms with Crippen molar-refractivity contribution in [2.45, 2.75) is 19.4 Å². The number of esters is 1. The topological polar surface area (TPSA) is 84.5 Å². The highest BCUT2D eigenvalue weighted by atomic mass is 35.5. The first-order valence-corrected chi connectivity index (χ1v) is 9.53. The summed E-state index contributed by atoms with van der Waals surface area (Å²) in [5.41, 5.74) is 1.75. The second-order valence-corrected chi connectivity index (χ2v) is 6.73. The van der Waals surface area contributed by atoms with Gasteiger partial charge < -0.3 is 15.4 Å². The smallest absolute Gasteiger partial charge is 0.308 e. The lowest BCUT2D eigenvalue weighted by Gasteiger charge is -2.14. The summed E-state index contributed by atoms with van der Waals surface area (Å²) in [5, 5.41) is 5.90. The number of carbonyl (C=O) groups is 3. The van der Waals surface area contributed by atoms with E-state index in [4.69, 9.17) is 16.3 Å². The molecule has 0 aliphatic heterocycles. The first-order chi connectivity index (χ1) is 13.9. The highest BCUT2D eigenvalue weighted by Crippen LogP contribution is 2.17. The number of halogens is 1. The maximum absolute atomic E-state index is 11.9. The van der Waals surface area contributed by atoms with Crippen LogP contribution < -0.4 is 10.6 Å². The highest BCUT2D eigenvalue weighted by Gasteiger charge is 2.12. The normalized spacial score (nSPS) is 11.7. The zero-order valence-corrected chi connectivity index (χ0v) is 16.8. The maximum Gasteiger partial charge on any atom is 0.308 e. The van der Waals surface area contributed by atoms with E-state index in [1.807, 2.05) is 43.3 Å². The molecular formula is C22H23ClN2O4. The Bertz CT molecular complexity index is 868. The third-order valence-corrected chi connectivity index (χ3v) is 4.18. The van der Waals surface area contributed by atoms with Gasteiger partial charge >= 0.3 is 5.97 Å². The maximum atomic E-state index is 11.9. The monoisotopic (exact) mass is 414 g/mol. The molecule has 7 heteroatoms. The summed E-state index contributed by atoms with van der Waals surface area (Å²) in [6.45, 7) is 1.55. The third kappa shape index (κ3) is 8.62. The van der Waals surface area contributed by atoms with Crippen LogP contribution in [-0.4, -0.2) is 30.9 Å². The first-order valence-electron chi connectivity index (χ1n) is 9.15. The molecule has 0 fully saturated rings. The minimum Gasteiger partial charge on any atom is -0.456 e. The van der Waals surface area contributed by atoms with Crippen LogP contribution in [0.4, 0.5) is 0 Å². The number of carbonyl (C=O) groups excluding carboxylic acids is 3. The number of nitrogens with one attached hydrogen (secondary N) is 2. The van der Waals surface area contributed by atoms with Gasteiger partial charge in [0, 0.05) is 17.6 Å². The fraction of sp³-hybridized carbons (Fsp3) is 0.227. The quantitative estimate of drug-likeness (QED) is 0.487. The summed E-state index contributed by atoms with van der Waals surface area (Å²) >= 11 is 5.93. The van der Waals surface area contributed by atoms with Crippen molar-refractivity contribution in [3.8, 4) is 0 Å². The number of amides is 2. The molecule has 0 bridgehead atoms. The van der Waals surface area contributed by atoms with Gasteiger partial charge in [-0.3, -0.25) is 14.4 Å². The highest BCUT2D eigenvalue weighted by molar-refractivity contribution is 6.30. The van der Waals surface area contributed by atoms with Crippen LogP contribution >= 0.6 is 11.6 Å². The molecule has 2 N–H and O–H groups in total. The summed E-state index contributed by atoms with van der Waals surface area (Å²) in [4.78, 5) is 35.4. The van der Waals surface area contributed by atoms with E-state index >= 15 is 0 Å². The molecular weight excluding hydrogens is 392 g/mol. The summed E-state index contributed by atoms with van der Waals surface area (Å²) in [6, 6.07) is 16.3. The van der Waals surface area contributed by atoms with Crippen molar-refractivity contribution in [1.82, 2.24) is 10.6 Å². The van der Waals surface area contributed by atoms with Gasteiger partial charge in [-0.05, 0) is 36.3 Å². The second kappa shape index (κ2) is 11.7. The Morgan fingerprint density at radius 3 is 2.59 bits per heavy atom. The van der Waals surface area contributed by atoms with E-state index in [1.165, 1.54) is 6.08 Å². The summed E-state index contributed by atoms with van der Waals surface area (Å²) in [7, 11) is 0. The van der Waals surface area contributed by atoms with Crippen molar-refractivity contribution in [3.05, 3.63) is 76.8 Å². The van der Waals surface area contributed by atoms with Gasteiger partial charge in [-0.25, -0.2) is 0 Å². The molecule has 152 valence electrons. The van der Waals surface area contributed by atoms with Gasteiger partial charge in [0.1, 0.15) is 0 Å². The molecule has 2 rings (SSSR count). The van der Waals surface area contributed by atoms with Crippen LogP contribution in [0, 0.1) is 0 Å². The number of ether oxygens (including phenoxy) is 1. The van der Waals surface area contributed by atoms with Crippen LogP contribution in [0.3, 0.4) is 0 Å². The van der Waals surface area contributed by atoms with Crippen LogP contribution in [0.5, 0.6) is 0 Å². The number of hydrogen-bond acceptors (Lipinski definition) is 4. The molecule has 0 heterocycles. The lowest BCUT2D eigenvalue weighted by atomic mass is 10.1. The summed E-state index contributed by atoms with van der Waals surface area (Å²) in [5.74, 6) is -1.29. The SMILES string of the molecule is C[C@H](NC(=O)COC(=O)CCNC(=O)/C=C/c1ccccc1)c1cccc(Cl)c1. The molecule has 2 aromatic carbocycles. The van der Waals surface area contributed by atoms with Gasteiger partial charge in [-0.1, -0.05) is 54.1 Å². The molecule has 0 aromatic heterocycles. The Hall–Kier alpha value is -3.12. The Labute approximate surface area is 174 Å². The Balaban J connectivity index is 1.63. The standard InChI is InChI=1S/C22H23ClN2O4/c1-16(18-8-5-9-19(23)14-18)25-21(27)15-29-22(28)12-13-24-20(26)11-10-17-6-3-2-4-7-17/h2-11,14,16H,12-13,15H2,1H3,(H,24,26)(H,25,27)/b11-10+/t16-/m0/s1. The fourth-order valence-electron chi connectivity index (χ4n) is 2.44. The lowest BCUT2D eigenvalue weighted by molar-refractivity contribution is -0.148. The number of hydrogen-bond donors (Lipinski definition) is 2. The van der Waals surface area contributed by atoms with Gasteiger partial charge in [0.2, 0.25) is 5.91 Å². The van der Waals surface area contributed by atoms with E-state index < -0.39 is 11.9 Å². The van der Waals surface area contributed by atoms with Crippen LogP contribution in [0.2, 0.25) is 5.02 Å². The fourth-order valence-corrected chi connectivity index (χ4v) is 2.64. The van der Waals surface area contributed by atoms with Crippen molar-refractivity contribution in [2.24, 2.45) is 0 Å². The molecule has 0 unspecified atom stereocenters. The first kappa shape index (κ1) is 22.2. The summed E-state index contributed by atoms with van der Waals surface area (Å²) in [6.07, 6.45) is 3.05. The number of rotatable bonds is 9. The minimum atomic E-state index is -0.567. The van der Waals surface area contributed by atoms with Gasteiger partial charge in [-0.15, -0.1) is 0 Å². The Kier molecular flexibility index (Phi) is 8.92.